The summed E-state index contributed by atoms with van der Waals surface area (Å²) in [6.45, 7) is 3.30. The number of aliphatic carboxylic acids is 1. The van der Waals surface area contributed by atoms with Gasteiger partial charge in [0.2, 0.25) is 0 Å². The fraction of sp³-hybridized carbons (Fsp3) is 0.429. The number of rotatable bonds is 5. The Kier molecular flexibility index (Phi) is 5.25. The van der Waals surface area contributed by atoms with E-state index in [0.29, 0.717) is 30.6 Å². The van der Waals surface area contributed by atoms with Crippen LogP contribution in [-0.2, 0) is 11.3 Å². The summed E-state index contributed by atoms with van der Waals surface area (Å²) in [5.74, 6) is 0.871. The zero-order chi connectivity index (χ0) is 18.6. The van der Waals surface area contributed by atoms with Crippen LogP contribution >= 0.6 is 0 Å². The first-order valence-electron chi connectivity index (χ1n) is 9.45. The van der Waals surface area contributed by atoms with Gasteiger partial charge in [0.25, 0.3) is 5.88 Å². The highest BCUT2D eigenvalue weighted by Gasteiger charge is 2.24. The zero-order valence-corrected chi connectivity index (χ0v) is 15.2. The number of carbonyl (C=O) groups is 1. The third-order valence-electron chi connectivity index (χ3n) is 5.31. The first-order chi connectivity index (χ1) is 13.2. The van der Waals surface area contributed by atoms with E-state index in [1.165, 1.54) is 5.56 Å². The molecule has 6 nitrogen and oxygen atoms in total. The van der Waals surface area contributed by atoms with Crippen LogP contribution in [0.5, 0.6) is 11.6 Å². The first kappa shape index (κ1) is 17.8. The lowest BCUT2D eigenvalue weighted by atomic mass is 9.93. The monoisotopic (exact) mass is 368 g/mol. The summed E-state index contributed by atoms with van der Waals surface area (Å²) in [7, 11) is 0. The van der Waals surface area contributed by atoms with Gasteiger partial charge in [0.15, 0.2) is 11.9 Å². The number of fused-ring (bicyclic) bond motifs is 1. The third-order valence-corrected chi connectivity index (χ3v) is 5.31. The van der Waals surface area contributed by atoms with Crippen molar-refractivity contribution < 1.29 is 19.4 Å². The number of hydrogen-bond donors (Lipinski definition) is 1. The molecule has 2 aromatic rings. The molecule has 27 heavy (non-hydrogen) atoms. The fourth-order valence-electron chi connectivity index (χ4n) is 3.76. The van der Waals surface area contributed by atoms with Gasteiger partial charge < -0.3 is 14.6 Å². The average molecular weight is 368 g/mol. The van der Waals surface area contributed by atoms with Crippen molar-refractivity contribution in [1.82, 2.24) is 9.88 Å². The van der Waals surface area contributed by atoms with Crippen LogP contribution in [0, 0.1) is 5.92 Å². The summed E-state index contributed by atoms with van der Waals surface area (Å²) in [4.78, 5) is 17.5. The Balaban J connectivity index is 1.32. The molecule has 6 heteroatoms. The Labute approximate surface area is 158 Å². The maximum Gasteiger partial charge on any atom is 0.303 e. The van der Waals surface area contributed by atoms with Crippen molar-refractivity contribution in [2.24, 2.45) is 5.92 Å². The Morgan fingerprint density at radius 3 is 2.70 bits per heavy atom. The van der Waals surface area contributed by atoms with E-state index in [1.54, 1.807) is 6.20 Å². The van der Waals surface area contributed by atoms with Crippen LogP contribution in [0.2, 0.25) is 0 Å². The quantitative estimate of drug-likeness (QED) is 0.873. The molecule has 0 spiro atoms. The lowest BCUT2D eigenvalue weighted by Crippen LogP contribution is -2.33. The second-order valence-corrected chi connectivity index (χ2v) is 7.28. The minimum Gasteiger partial charge on any atom is -0.484 e. The molecule has 1 saturated heterocycles. The molecule has 0 bridgehead atoms. The van der Waals surface area contributed by atoms with E-state index in [0.717, 1.165) is 38.0 Å². The van der Waals surface area contributed by atoms with Crippen molar-refractivity contribution >= 4 is 5.97 Å². The second-order valence-electron chi connectivity index (χ2n) is 7.28. The number of carboxylic acids is 1. The smallest absolute Gasteiger partial charge is 0.303 e. The number of ether oxygens (including phenoxy) is 2. The number of pyridine rings is 1. The van der Waals surface area contributed by atoms with Crippen molar-refractivity contribution in [3.8, 4) is 11.6 Å². The van der Waals surface area contributed by atoms with Gasteiger partial charge in [0.1, 0.15) is 6.61 Å². The molecule has 3 heterocycles. The molecule has 0 saturated carbocycles. The SMILES string of the molecule is O=C(O)CC1CCN(Cc2ccc(C3COc4cccnc4O3)cc2)CC1. The van der Waals surface area contributed by atoms with Gasteiger partial charge >= 0.3 is 5.97 Å². The molecule has 142 valence electrons. The van der Waals surface area contributed by atoms with Crippen LogP contribution in [0.4, 0.5) is 0 Å². The molecule has 1 aromatic carbocycles. The normalized spacial score (nSPS) is 20.4. The van der Waals surface area contributed by atoms with Crippen molar-refractivity contribution in [3.63, 3.8) is 0 Å². The Bertz CT molecular complexity index is 785. The van der Waals surface area contributed by atoms with Crippen molar-refractivity contribution in [1.29, 1.82) is 0 Å². The molecule has 4 rings (SSSR count). The first-order valence-corrected chi connectivity index (χ1v) is 9.45. The van der Waals surface area contributed by atoms with Crippen molar-refractivity contribution in [3.05, 3.63) is 53.7 Å². The minimum atomic E-state index is -0.684. The molecular formula is C21H24N2O4. The molecule has 1 fully saturated rings. The number of carboxylic acid groups (broad SMARTS) is 1. The highest BCUT2D eigenvalue weighted by molar-refractivity contribution is 5.67. The Hall–Kier alpha value is -2.60. The molecule has 0 amide bonds. The zero-order valence-electron chi connectivity index (χ0n) is 15.2. The Morgan fingerprint density at radius 2 is 1.96 bits per heavy atom. The van der Waals surface area contributed by atoms with Gasteiger partial charge in [-0.05, 0) is 55.1 Å². The number of piperidine rings is 1. The van der Waals surface area contributed by atoms with Gasteiger partial charge in [-0.25, -0.2) is 4.98 Å². The van der Waals surface area contributed by atoms with E-state index in [-0.39, 0.29) is 6.10 Å². The predicted octanol–water partition coefficient (Wildman–Crippen LogP) is 3.28. The summed E-state index contributed by atoms with van der Waals surface area (Å²) in [5.41, 5.74) is 2.33. The van der Waals surface area contributed by atoms with Crippen LogP contribution in [0.15, 0.2) is 42.6 Å². The molecule has 2 aliphatic heterocycles. The minimum absolute atomic E-state index is 0.145. The van der Waals surface area contributed by atoms with E-state index in [2.05, 4.69) is 34.1 Å². The standard InChI is InChI=1S/C21H24N2O4/c24-20(25)12-15-7-10-23(11-8-15)13-16-3-5-17(6-4-16)19-14-26-18-2-1-9-22-21(18)27-19/h1-6,9,15,19H,7-8,10-14H2,(H,24,25). The van der Waals surface area contributed by atoms with Crippen molar-refractivity contribution in [2.45, 2.75) is 31.9 Å². The van der Waals surface area contributed by atoms with Crippen LogP contribution < -0.4 is 9.47 Å². The van der Waals surface area contributed by atoms with Gasteiger partial charge in [0, 0.05) is 19.2 Å². The highest BCUT2D eigenvalue weighted by Crippen LogP contribution is 2.34. The maximum atomic E-state index is 10.8. The lowest BCUT2D eigenvalue weighted by Gasteiger charge is -2.31. The lowest BCUT2D eigenvalue weighted by molar-refractivity contribution is -0.138. The molecule has 1 N–H and O–H groups in total. The number of nitrogens with zero attached hydrogens (tertiary/aromatic N) is 2. The van der Waals surface area contributed by atoms with E-state index in [9.17, 15) is 4.79 Å². The van der Waals surface area contributed by atoms with Gasteiger partial charge in [-0.2, -0.15) is 0 Å². The van der Waals surface area contributed by atoms with Gasteiger partial charge in [-0.1, -0.05) is 24.3 Å². The molecule has 1 unspecified atom stereocenters. The fourth-order valence-corrected chi connectivity index (χ4v) is 3.76. The van der Waals surface area contributed by atoms with E-state index in [1.807, 2.05) is 12.1 Å². The van der Waals surface area contributed by atoms with Crippen LogP contribution in [-0.4, -0.2) is 40.7 Å². The number of hydrogen-bond acceptors (Lipinski definition) is 5. The molecular weight excluding hydrogens is 344 g/mol. The second kappa shape index (κ2) is 7.96. The van der Waals surface area contributed by atoms with Crippen LogP contribution in [0.3, 0.4) is 0 Å². The van der Waals surface area contributed by atoms with Gasteiger partial charge in [-0.15, -0.1) is 0 Å². The molecule has 1 aromatic heterocycles. The maximum absolute atomic E-state index is 10.8. The van der Waals surface area contributed by atoms with Gasteiger partial charge in [0.05, 0.1) is 0 Å². The van der Waals surface area contributed by atoms with E-state index in [4.69, 9.17) is 14.6 Å². The van der Waals surface area contributed by atoms with Crippen LogP contribution in [0.25, 0.3) is 0 Å². The predicted molar refractivity (Wildman–Crippen MR) is 99.8 cm³/mol. The largest absolute Gasteiger partial charge is 0.484 e. The average Bonchev–Trinajstić information content (AvgIpc) is 2.69. The summed E-state index contributed by atoms with van der Waals surface area (Å²) in [6.07, 6.45) is 3.78. The number of benzene rings is 1. The van der Waals surface area contributed by atoms with Crippen LogP contribution in [0.1, 0.15) is 36.5 Å². The molecule has 1 atom stereocenters. The van der Waals surface area contributed by atoms with Crippen molar-refractivity contribution in [2.75, 3.05) is 19.7 Å². The molecule has 0 aliphatic carbocycles. The summed E-state index contributed by atoms with van der Waals surface area (Å²) in [6, 6.07) is 12.2. The summed E-state index contributed by atoms with van der Waals surface area (Å²) in [5, 5.41) is 8.92. The summed E-state index contributed by atoms with van der Waals surface area (Å²) >= 11 is 0. The summed E-state index contributed by atoms with van der Waals surface area (Å²) < 4.78 is 11.7. The highest BCUT2D eigenvalue weighted by atomic mass is 16.6. The Morgan fingerprint density at radius 1 is 1.19 bits per heavy atom. The number of aromatic nitrogens is 1. The van der Waals surface area contributed by atoms with E-state index < -0.39 is 5.97 Å². The molecule has 0 radical (unpaired) electrons. The molecule has 2 aliphatic rings. The number of likely N-dealkylation sites (tertiary alicyclic amines) is 1. The van der Waals surface area contributed by atoms with Gasteiger partial charge in [-0.3, -0.25) is 9.69 Å². The third kappa shape index (κ3) is 4.39. The van der Waals surface area contributed by atoms with E-state index >= 15 is 0 Å². The topological polar surface area (TPSA) is 71.9 Å².